The monoisotopic (exact) mass is 236 g/mol. The maximum atomic E-state index is 11.4. The van der Waals surface area contributed by atoms with E-state index in [1.165, 1.54) is 0 Å². The van der Waals surface area contributed by atoms with E-state index in [0.29, 0.717) is 32.6 Å². The van der Waals surface area contributed by atoms with E-state index in [1.807, 2.05) is 12.1 Å². The molecule has 1 aromatic heterocycles. The molecule has 1 aliphatic heterocycles. The number of hydrogen-bond acceptors (Lipinski definition) is 4. The molecule has 1 aliphatic rings. The van der Waals surface area contributed by atoms with Gasteiger partial charge in [0.25, 0.3) is 0 Å². The van der Waals surface area contributed by atoms with Gasteiger partial charge in [-0.2, -0.15) is 0 Å². The normalized spacial score (nSPS) is 18.6. The zero-order valence-corrected chi connectivity index (χ0v) is 9.56. The lowest BCUT2D eigenvalue weighted by Crippen LogP contribution is -2.42. The van der Waals surface area contributed by atoms with E-state index in [1.54, 1.807) is 12.4 Å². The molecule has 5 heteroatoms. The van der Waals surface area contributed by atoms with Crippen LogP contribution < -0.4 is 5.32 Å². The first-order chi connectivity index (χ1) is 8.23. The van der Waals surface area contributed by atoms with E-state index < -0.39 is 11.4 Å². The van der Waals surface area contributed by atoms with E-state index in [-0.39, 0.29) is 0 Å². The summed E-state index contributed by atoms with van der Waals surface area (Å²) in [6.07, 6.45) is 4.47. The fourth-order valence-corrected chi connectivity index (χ4v) is 1.97. The quantitative estimate of drug-likeness (QED) is 0.826. The Bertz CT molecular complexity index is 375. The van der Waals surface area contributed by atoms with E-state index in [4.69, 9.17) is 4.74 Å². The number of aliphatic carboxylic acids is 1. The maximum Gasteiger partial charge on any atom is 0.311 e. The Morgan fingerprint density at radius 3 is 2.65 bits per heavy atom. The van der Waals surface area contributed by atoms with E-state index in [0.717, 1.165) is 5.69 Å². The fraction of sp³-hybridized carbons (Fsp3) is 0.500. The van der Waals surface area contributed by atoms with Crippen LogP contribution in [-0.2, 0) is 9.53 Å². The van der Waals surface area contributed by atoms with Gasteiger partial charge in [0.1, 0.15) is 0 Å². The molecule has 0 saturated carbocycles. The maximum absolute atomic E-state index is 11.4. The molecule has 0 amide bonds. The van der Waals surface area contributed by atoms with Crippen LogP contribution in [0.5, 0.6) is 0 Å². The van der Waals surface area contributed by atoms with Crippen molar-refractivity contribution in [3.8, 4) is 0 Å². The van der Waals surface area contributed by atoms with Gasteiger partial charge in [-0.1, -0.05) is 0 Å². The summed E-state index contributed by atoms with van der Waals surface area (Å²) in [5.41, 5.74) is 0.189. The number of hydrogen-bond donors (Lipinski definition) is 2. The van der Waals surface area contributed by atoms with Crippen molar-refractivity contribution >= 4 is 11.7 Å². The highest BCUT2D eigenvalue weighted by Gasteiger charge is 2.39. The van der Waals surface area contributed by atoms with Crippen LogP contribution in [0.15, 0.2) is 24.5 Å². The topological polar surface area (TPSA) is 71.5 Å². The molecule has 0 aliphatic carbocycles. The SMILES string of the molecule is O=C(O)C1(CNc2ccncc2)CCOCC1. The van der Waals surface area contributed by atoms with Crippen LogP contribution in [0.3, 0.4) is 0 Å². The molecule has 0 spiro atoms. The highest BCUT2D eigenvalue weighted by atomic mass is 16.5. The summed E-state index contributed by atoms with van der Waals surface area (Å²) in [5, 5.41) is 12.5. The van der Waals surface area contributed by atoms with E-state index >= 15 is 0 Å². The minimum Gasteiger partial charge on any atom is -0.481 e. The lowest BCUT2D eigenvalue weighted by Gasteiger charge is -2.33. The van der Waals surface area contributed by atoms with Gasteiger partial charge in [-0.3, -0.25) is 9.78 Å². The summed E-state index contributed by atoms with van der Waals surface area (Å²) >= 11 is 0. The Kier molecular flexibility index (Phi) is 3.58. The Morgan fingerprint density at radius 1 is 1.41 bits per heavy atom. The second-order valence-electron chi connectivity index (χ2n) is 4.29. The standard InChI is InChI=1S/C12H16N2O3/c15-11(16)12(3-7-17-8-4-12)9-14-10-1-5-13-6-2-10/h1-2,5-6H,3-4,7-9H2,(H,13,14)(H,15,16). The third-order valence-electron chi connectivity index (χ3n) is 3.21. The zero-order valence-electron chi connectivity index (χ0n) is 9.56. The van der Waals surface area contributed by atoms with E-state index in [9.17, 15) is 9.90 Å². The average Bonchev–Trinajstić information content (AvgIpc) is 2.38. The first-order valence-corrected chi connectivity index (χ1v) is 5.68. The van der Waals surface area contributed by atoms with Crippen molar-refractivity contribution in [2.45, 2.75) is 12.8 Å². The third-order valence-corrected chi connectivity index (χ3v) is 3.21. The first-order valence-electron chi connectivity index (χ1n) is 5.68. The zero-order chi connectivity index (χ0) is 12.1. The van der Waals surface area contributed by atoms with Crippen molar-refractivity contribution < 1.29 is 14.6 Å². The van der Waals surface area contributed by atoms with Crippen LogP contribution in [0.4, 0.5) is 5.69 Å². The molecular weight excluding hydrogens is 220 g/mol. The Morgan fingerprint density at radius 2 is 2.06 bits per heavy atom. The van der Waals surface area contributed by atoms with E-state index in [2.05, 4.69) is 10.3 Å². The summed E-state index contributed by atoms with van der Waals surface area (Å²) in [4.78, 5) is 15.3. The first kappa shape index (κ1) is 11.9. The smallest absolute Gasteiger partial charge is 0.311 e. The van der Waals surface area contributed by atoms with Gasteiger partial charge in [-0.05, 0) is 25.0 Å². The van der Waals surface area contributed by atoms with Crippen molar-refractivity contribution in [2.75, 3.05) is 25.1 Å². The summed E-state index contributed by atoms with van der Waals surface area (Å²) < 4.78 is 5.23. The molecule has 2 N–H and O–H groups in total. The summed E-state index contributed by atoms with van der Waals surface area (Å²) in [6, 6.07) is 3.66. The summed E-state index contributed by atoms with van der Waals surface area (Å²) in [6.45, 7) is 1.46. The van der Waals surface area contributed by atoms with Gasteiger partial charge in [-0.25, -0.2) is 0 Å². The van der Waals surface area contributed by atoms with Crippen LogP contribution in [0.25, 0.3) is 0 Å². The van der Waals surface area contributed by atoms with Gasteiger partial charge in [-0.15, -0.1) is 0 Å². The molecule has 0 aromatic carbocycles. The molecule has 5 nitrogen and oxygen atoms in total. The molecule has 0 unspecified atom stereocenters. The summed E-state index contributed by atoms with van der Waals surface area (Å²) in [7, 11) is 0. The lowest BCUT2D eigenvalue weighted by molar-refractivity contribution is -0.153. The number of ether oxygens (including phenoxy) is 1. The number of aromatic nitrogens is 1. The molecule has 2 rings (SSSR count). The number of rotatable bonds is 4. The van der Waals surface area contributed by atoms with Gasteiger partial charge >= 0.3 is 5.97 Å². The number of pyridine rings is 1. The van der Waals surface area contributed by atoms with Crippen molar-refractivity contribution in [1.82, 2.24) is 4.98 Å². The molecule has 17 heavy (non-hydrogen) atoms. The van der Waals surface area contributed by atoms with Gasteiger partial charge in [0.2, 0.25) is 0 Å². The molecular formula is C12H16N2O3. The predicted molar refractivity (Wildman–Crippen MR) is 62.8 cm³/mol. The van der Waals surface area contributed by atoms with Crippen LogP contribution >= 0.6 is 0 Å². The number of carbonyl (C=O) groups is 1. The average molecular weight is 236 g/mol. The highest BCUT2D eigenvalue weighted by molar-refractivity contribution is 5.75. The molecule has 92 valence electrons. The van der Waals surface area contributed by atoms with Crippen molar-refractivity contribution in [3.63, 3.8) is 0 Å². The Hall–Kier alpha value is -1.62. The molecule has 0 atom stereocenters. The lowest BCUT2D eigenvalue weighted by atomic mass is 9.80. The van der Waals surface area contributed by atoms with Crippen molar-refractivity contribution in [3.05, 3.63) is 24.5 Å². The minimum absolute atomic E-state index is 0.426. The summed E-state index contributed by atoms with van der Waals surface area (Å²) in [5.74, 6) is -0.748. The second kappa shape index (κ2) is 5.14. The minimum atomic E-state index is -0.748. The molecule has 2 heterocycles. The van der Waals surface area contributed by atoms with Crippen LogP contribution in [0.2, 0.25) is 0 Å². The highest BCUT2D eigenvalue weighted by Crippen LogP contribution is 2.31. The molecule has 0 bridgehead atoms. The Labute approximate surface area is 99.8 Å². The number of nitrogens with one attached hydrogen (secondary N) is 1. The molecule has 1 saturated heterocycles. The van der Waals surface area contributed by atoms with Crippen molar-refractivity contribution in [1.29, 1.82) is 0 Å². The molecule has 1 fully saturated rings. The second-order valence-corrected chi connectivity index (χ2v) is 4.29. The van der Waals surface area contributed by atoms with Gasteiger partial charge in [0.05, 0.1) is 5.41 Å². The largest absolute Gasteiger partial charge is 0.481 e. The van der Waals surface area contributed by atoms with Gasteiger partial charge < -0.3 is 15.2 Å². The molecule has 1 aromatic rings. The Balaban J connectivity index is 2.01. The van der Waals surface area contributed by atoms with Crippen LogP contribution in [-0.4, -0.2) is 35.8 Å². The van der Waals surface area contributed by atoms with Gasteiger partial charge in [0.15, 0.2) is 0 Å². The number of nitrogens with zero attached hydrogens (tertiary/aromatic N) is 1. The van der Waals surface area contributed by atoms with Gasteiger partial charge in [0, 0.05) is 37.8 Å². The van der Waals surface area contributed by atoms with Crippen molar-refractivity contribution in [2.24, 2.45) is 5.41 Å². The van der Waals surface area contributed by atoms with Crippen LogP contribution in [0, 0.1) is 5.41 Å². The number of anilines is 1. The third kappa shape index (κ3) is 2.74. The molecule has 0 radical (unpaired) electrons. The number of carboxylic acid groups (broad SMARTS) is 1. The fourth-order valence-electron chi connectivity index (χ4n) is 1.97. The number of carboxylic acids is 1. The predicted octanol–water partition coefficient (Wildman–Crippen LogP) is 1.37. The van der Waals surface area contributed by atoms with Crippen LogP contribution in [0.1, 0.15) is 12.8 Å².